The zero-order chi connectivity index (χ0) is 25.4. The van der Waals surface area contributed by atoms with E-state index >= 15 is 0 Å². The van der Waals surface area contributed by atoms with Crippen molar-refractivity contribution in [3.05, 3.63) is 47.0 Å². The number of likely N-dealkylation sites (tertiary alicyclic amines) is 1. The van der Waals surface area contributed by atoms with Gasteiger partial charge in [-0.15, -0.1) is 0 Å². The van der Waals surface area contributed by atoms with Gasteiger partial charge in [0.2, 0.25) is 5.75 Å². The van der Waals surface area contributed by atoms with Crippen LogP contribution in [0.2, 0.25) is 5.02 Å². The Hall–Kier alpha value is -2.68. The number of methoxy groups -OCH3 is 3. The van der Waals surface area contributed by atoms with Crippen LogP contribution in [0.4, 0.5) is 10.5 Å². The molecule has 1 aliphatic rings. The second-order valence-electron chi connectivity index (χ2n) is 8.93. The number of piperidine rings is 1. The number of hydrogen-bond acceptors (Lipinski definition) is 6. The molecule has 0 saturated carbocycles. The molecule has 0 spiro atoms. The van der Waals surface area contributed by atoms with Crippen molar-refractivity contribution in [1.29, 1.82) is 0 Å². The van der Waals surface area contributed by atoms with Gasteiger partial charge in [-0.1, -0.05) is 23.7 Å². The van der Waals surface area contributed by atoms with Gasteiger partial charge in [-0.25, -0.2) is 4.79 Å². The molecule has 9 heteroatoms. The number of benzene rings is 2. The minimum absolute atomic E-state index is 0.412. The predicted molar refractivity (Wildman–Crippen MR) is 138 cm³/mol. The van der Waals surface area contributed by atoms with Gasteiger partial charge in [0.05, 0.1) is 39.2 Å². The smallest absolute Gasteiger partial charge is 0.319 e. The molecule has 2 atom stereocenters. The Labute approximate surface area is 212 Å². The van der Waals surface area contributed by atoms with Gasteiger partial charge in [-0.2, -0.15) is 0 Å². The number of carbonyl (C=O) groups excluding carboxylic acids is 1. The van der Waals surface area contributed by atoms with Crippen LogP contribution in [0.3, 0.4) is 0 Å². The number of urea groups is 1. The summed E-state index contributed by atoms with van der Waals surface area (Å²) in [5, 5.41) is 16.8. The topological polar surface area (TPSA) is 92.3 Å². The number of halogens is 1. The zero-order valence-electron chi connectivity index (χ0n) is 20.8. The van der Waals surface area contributed by atoms with Crippen LogP contribution in [0.1, 0.15) is 25.3 Å². The van der Waals surface area contributed by atoms with Gasteiger partial charge in [-0.05, 0) is 62.9 Å². The minimum Gasteiger partial charge on any atom is -0.493 e. The maximum Gasteiger partial charge on any atom is 0.319 e. The van der Waals surface area contributed by atoms with Crippen molar-refractivity contribution in [2.75, 3.05) is 46.3 Å². The first-order chi connectivity index (χ1) is 16.8. The van der Waals surface area contributed by atoms with Crippen LogP contribution < -0.4 is 24.8 Å². The highest BCUT2D eigenvalue weighted by Gasteiger charge is 2.25. The molecule has 1 fully saturated rings. The Bertz CT molecular complexity index is 937. The van der Waals surface area contributed by atoms with E-state index in [0.717, 1.165) is 37.4 Å². The van der Waals surface area contributed by atoms with Crippen LogP contribution in [0.25, 0.3) is 0 Å². The minimum atomic E-state index is -0.701. The predicted octanol–water partition coefficient (Wildman–Crippen LogP) is 4.19. The van der Waals surface area contributed by atoms with Crippen molar-refractivity contribution in [2.45, 2.75) is 38.3 Å². The number of aliphatic hydroxyl groups excluding tert-OH is 1. The summed E-state index contributed by atoms with van der Waals surface area (Å²) in [6.45, 7) is 4.13. The molecule has 192 valence electrons. The summed E-state index contributed by atoms with van der Waals surface area (Å²) in [5.41, 5.74) is 1.80. The molecule has 2 aromatic rings. The van der Waals surface area contributed by atoms with Crippen LogP contribution in [0.15, 0.2) is 36.4 Å². The first-order valence-electron chi connectivity index (χ1n) is 11.8. The third kappa shape index (κ3) is 7.65. The van der Waals surface area contributed by atoms with Gasteiger partial charge in [0, 0.05) is 23.7 Å². The Morgan fingerprint density at radius 3 is 2.20 bits per heavy atom. The molecule has 0 aromatic heterocycles. The maximum atomic E-state index is 12.7. The second kappa shape index (κ2) is 12.9. The molecule has 8 nitrogen and oxygen atoms in total. The second-order valence-corrected chi connectivity index (χ2v) is 9.37. The van der Waals surface area contributed by atoms with Gasteiger partial charge >= 0.3 is 6.03 Å². The molecule has 0 bridgehead atoms. The summed E-state index contributed by atoms with van der Waals surface area (Å²) in [4.78, 5) is 15.0. The standard InChI is InChI=1S/C26H36ClN3O5/c1-17(31)22(16-30-11-9-19(10-12-30)13-18-5-7-20(27)8-6-18)29-26(32)28-21-14-23(33-2)25(35-4)24(15-21)34-3/h5-8,14-15,17,19,22,31H,9-13,16H2,1-4H3,(H2,28,29,32). The lowest BCUT2D eigenvalue weighted by molar-refractivity contribution is 0.102. The molecule has 3 rings (SSSR count). The normalized spacial score (nSPS) is 16.3. The molecule has 2 unspecified atom stereocenters. The third-order valence-corrected chi connectivity index (χ3v) is 6.67. The Balaban J connectivity index is 1.53. The molecule has 2 aromatic carbocycles. The zero-order valence-corrected chi connectivity index (χ0v) is 21.6. The number of rotatable bonds is 10. The van der Waals surface area contributed by atoms with Crippen molar-refractivity contribution in [3.63, 3.8) is 0 Å². The molecule has 0 radical (unpaired) electrons. The molecule has 1 heterocycles. The largest absolute Gasteiger partial charge is 0.493 e. The van der Waals surface area contributed by atoms with Crippen molar-refractivity contribution < 1.29 is 24.1 Å². The number of nitrogens with one attached hydrogen (secondary N) is 2. The average molecular weight is 506 g/mol. The summed E-state index contributed by atoms with van der Waals surface area (Å²) in [7, 11) is 4.56. The van der Waals surface area contributed by atoms with E-state index in [0.29, 0.717) is 35.4 Å². The number of aliphatic hydroxyl groups is 1. The van der Waals surface area contributed by atoms with Crippen LogP contribution in [-0.4, -0.2) is 69.1 Å². The van der Waals surface area contributed by atoms with Gasteiger partial charge in [0.15, 0.2) is 11.5 Å². The van der Waals surface area contributed by atoms with Gasteiger partial charge in [-0.3, -0.25) is 0 Å². The SMILES string of the molecule is COc1cc(NC(=O)NC(CN2CCC(Cc3ccc(Cl)cc3)CC2)C(C)O)cc(OC)c1OC. The van der Waals surface area contributed by atoms with Gasteiger partial charge < -0.3 is 34.9 Å². The fraction of sp³-hybridized carbons (Fsp3) is 0.500. The monoisotopic (exact) mass is 505 g/mol. The Kier molecular flexibility index (Phi) is 9.89. The number of carbonyl (C=O) groups is 1. The number of ether oxygens (including phenoxy) is 3. The van der Waals surface area contributed by atoms with E-state index in [4.69, 9.17) is 25.8 Å². The highest BCUT2D eigenvalue weighted by atomic mass is 35.5. The Morgan fingerprint density at radius 2 is 1.69 bits per heavy atom. The molecular weight excluding hydrogens is 470 g/mol. The average Bonchev–Trinajstić information content (AvgIpc) is 2.85. The fourth-order valence-corrected chi connectivity index (χ4v) is 4.54. The first kappa shape index (κ1) is 26.9. The molecule has 1 saturated heterocycles. The van der Waals surface area contributed by atoms with Crippen LogP contribution in [0, 0.1) is 5.92 Å². The van der Waals surface area contributed by atoms with E-state index < -0.39 is 18.2 Å². The van der Waals surface area contributed by atoms with Crippen molar-refractivity contribution in [1.82, 2.24) is 10.2 Å². The first-order valence-corrected chi connectivity index (χ1v) is 12.2. The van der Waals surface area contributed by atoms with Crippen LogP contribution in [0.5, 0.6) is 17.2 Å². The highest BCUT2D eigenvalue weighted by molar-refractivity contribution is 6.30. The molecule has 1 aliphatic heterocycles. The summed E-state index contributed by atoms with van der Waals surface area (Å²) < 4.78 is 16.0. The van der Waals surface area contributed by atoms with E-state index in [9.17, 15) is 9.90 Å². The van der Waals surface area contributed by atoms with E-state index in [1.165, 1.54) is 26.9 Å². The summed E-state index contributed by atoms with van der Waals surface area (Å²) >= 11 is 5.99. The van der Waals surface area contributed by atoms with E-state index in [2.05, 4.69) is 27.7 Å². The fourth-order valence-electron chi connectivity index (χ4n) is 4.41. The Morgan fingerprint density at radius 1 is 1.09 bits per heavy atom. The van der Waals surface area contributed by atoms with Gasteiger partial charge in [0.25, 0.3) is 0 Å². The lowest BCUT2D eigenvalue weighted by Gasteiger charge is -2.35. The van der Waals surface area contributed by atoms with Gasteiger partial charge in [0.1, 0.15) is 0 Å². The van der Waals surface area contributed by atoms with Crippen LogP contribution >= 0.6 is 11.6 Å². The number of amides is 2. The summed E-state index contributed by atoms with van der Waals surface area (Å²) in [5.74, 6) is 1.95. The van der Waals surface area contributed by atoms with Crippen molar-refractivity contribution in [3.8, 4) is 17.2 Å². The lowest BCUT2D eigenvalue weighted by atomic mass is 9.90. The molecule has 3 N–H and O–H groups in total. The molecule has 0 aliphatic carbocycles. The molecule has 2 amide bonds. The van der Waals surface area contributed by atoms with E-state index in [1.54, 1.807) is 19.1 Å². The van der Waals surface area contributed by atoms with Crippen molar-refractivity contribution in [2.24, 2.45) is 5.92 Å². The number of nitrogens with zero attached hydrogens (tertiary/aromatic N) is 1. The third-order valence-electron chi connectivity index (χ3n) is 6.42. The highest BCUT2D eigenvalue weighted by Crippen LogP contribution is 2.39. The summed E-state index contributed by atoms with van der Waals surface area (Å²) in [6.07, 6.45) is 2.49. The number of hydrogen-bond donors (Lipinski definition) is 3. The van der Waals surface area contributed by atoms with Crippen LogP contribution in [-0.2, 0) is 6.42 Å². The quantitative estimate of drug-likeness (QED) is 0.448. The summed E-state index contributed by atoms with van der Waals surface area (Å²) in [6, 6.07) is 10.5. The molecular formula is C26H36ClN3O5. The van der Waals surface area contributed by atoms with Crippen molar-refractivity contribution >= 4 is 23.3 Å². The number of anilines is 1. The lowest BCUT2D eigenvalue weighted by Crippen LogP contribution is -2.52. The van der Waals surface area contributed by atoms with E-state index in [-0.39, 0.29) is 0 Å². The molecule has 35 heavy (non-hydrogen) atoms. The van der Waals surface area contributed by atoms with E-state index in [1.807, 2.05) is 12.1 Å². The maximum absolute atomic E-state index is 12.7.